The van der Waals surface area contributed by atoms with Crippen molar-refractivity contribution in [3.63, 3.8) is 0 Å². The third-order valence-electron chi connectivity index (χ3n) is 3.41. The molecule has 0 saturated carbocycles. The molecule has 2 aromatic rings. The molecule has 0 fully saturated rings. The number of carbonyl (C=O) groups is 1. The lowest BCUT2D eigenvalue weighted by Crippen LogP contribution is -2.21. The molecule has 13 heteroatoms. The molecular weight excluding hydrogens is 412 g/mol. The van der Waals surface area contributed by atoms with Crippen LogP contribution in [0.3, 0.4) is 0 Å². The molecule has 1 aromatic carbocycles. The number of carbonyl (C=O) groups excluding carboxylic acids is 1. The van der Waals surface area contributed by atoms with Gasteiger partial charge in [-0.15, -0.1) is 0 Å². The van der Waals surface area contributed by atoms with Crippen LogP contribution in [0.25, 0.3) is 0 Å². The van der Waals surface area contributed by atoms with E-state index in [1.54, 1.807) is 6.92 Å². The van der Waals surface area contributed by atoms with E-state index < -0.39 is 52.3 Å². The van der Waals surface area contributed by atoms with Gasteiger partial charge in [-0.25, -0.2) is 17.6 Å². The lowest BCUT2D eigenvalue weighted by molar-refractivity contribution is -0.384. The fraction of sp³-hybridized carbons (Fsp3) is 0.333. The second kappa shape index (κ2) is 8.87. The summed E-state index contributed by atoms with van der Waals surface area (Å²) in [6.45, 7) is 1.02. The zero-order chi connectivity index (χ0) is 21.0. The number of halogens is 5. The minimum Gasteiger partial charge on any atom is -0.494 e. The molecule has 0 aliphatic rings. The first-order valence-electron chi connectivity index (χ1n) is 7.69. The molecule has 0 aliphatic carbocycles. The minimum atomic E-state index is -3.26. The number of alkyl halides is 4. The van der Waals surface area contributed by atoms with Crippen molar-refractivity contribution in [2.45, 2.75) is 26.3 Å². The van der Waals surface area contributed by atoms with Gasteiger partial charge >= 0.3 is 0 Å². The zero-order valence-electron chi connectivity index (χ0n) is 14.2. The lowest BCUT2D eigenvalue weighted by atomic mass is 10.2. The summed E-state index contributed by atoms with van der Waals surface area (Å²) >= 11 is 5.50. The molecular formula is C15H13ClF4N4O4. The number of nitrogens with zero attached hydrogens (tertiary/aromatic N) is 3. The van der Waals surface area contributed by atoms with Crippen molar-refractivity contribution >= 4 is 28.9 Å². The van der Waals surface area contributed by atoms with Crippen LogP contribution in [0.2, 0.25) is 5.02 Å². The van der Waals surface area contributed by atoms with E-state index in [0.717, 1.165) is 6.07 Å². The minimum absolute atomic E-state index is 0.188. The molecule has 0 aliphatic heterocycles. The summed E-state index contributed by atoms with van der Waals surface area (Å²) in [7, 11) is 0. The molecule has 0 atom stereocenters. The Morgan fingerprint density at radius 1 is 1.36 bits per heavy atom. The molecule has 0 unspecified atom stereocenters. The van der Waals surface area contributed by atoms with Gasteiger partial charge in [-0.3, -0.25) is 19.6 Å². The summed E-state index contributed by atoms with van der Waals surface area (Å²) in [4.78, 5) is 22.5. The molecule has 1 aromatic heterocycles. The number of aromatic nitrogens is 2. The summed E-state index contributed by atoms with van der Waals surface area (Å²) in [5.41, 5.74) is -2.87. The van der Waals surface area contributed by atoms with Gasteiger partial charge < -0.3 is 10.1 Å². The monoisotopic (exact) mass is 424 g/mol. The Kier molecular flexibility index (Phi) is 6.78. The Morgan fingerprint density at radius 3 is 2.57 bits per heavy atom. The van der Waals surface area contributed by atoms with Crippen molar-refractivity contribution in [2.24, 2.45) is 0 Å². The Morgan fingerprint density at radius 2 is 2.04 bits per heavy atom. The fourth-order valence-electron chi connectivity index (χ4n) is 2.29. The highest BCUT2D eigenvalue weighted by atomic mass is 35.5. The number of nitro groups is 1. The smallest absolute Gasteiger partial charge is 0.296 e. The topological polar surface area (TPSA) is 99.3 Å². The van der Waals surface area contributed by atoms with Gasteiger partial charge in [-0.1, -0.05) is 11.6 Å². The second-order valence-electron chi connectivity index (χ2n) is 5.26. The van der Waals surface area contributed by atoms with Crippen LogP contribution in [0, 0.1) is 10.1 Å². The molecule has 2 rings (SSSR count). The SMILES string of the molecule is CCOc1ccc(NC(=O)Cn2nc(C(F)F)c(Cl)c2C(F)F)c([N+](=O)[O-])c1. The van der Waals surface area contributed by atoms with Crippen molar-refractivity contribution in [1.29, 1.82) is 0 Å². The first-order valence-corrected chi connectivity index (χ1v) is 8.06. The number of ether oxygens (including phenoxy) is 1. The van der Waals surface area contributed by atoms with Crippen LogP contribution in [0.5, 0.6) is 5.75 Å². The summed E-state index contributed by atoms with van der Waals surface area (Å²) in [6, 6.07) is 3.62. The van der Waals surface area contributed by atoms with Crippen LogP contribution >= 0.6 is 11.6 Å². The summed E-state index contributed by atoms with van der Waals surface area (Å²) in [6.07, 6.45) is -6.48. The van der Waals surface area contributed by atoms with Crippen LogP contribution < -0.4 is 10.1 Å². The highest BCUT2D eigenvalue weighted by Gasteiger charge is 2.29. The molecule has 1 N–H and O–H groups in total. The van der Waals surface area contributed by atoms with Crippen molar-refractivity contribution in [3.8, 4) is 5.75 Å². The Bertz CT molecular complexity index is 891. The first kappa shape index (κ1) is 21.4. The molecule has 8 nitrogen and oxygen atoms in total. The number of anilines is 1. The van der Waals surface area contributed by atoms with Crippen LogP contribution in [0.15, 0.2) is 18.2 Å². The highest BCUT2D eigenvalue weighted by Crippen LogP contribution is 2.35. The number of nitrogens with one attached hydrogen (secondary N) is 1. The van der Waals surface area contributed by atoms with Gasteiger partial charge in [-0.2, -0.15) is 5.10 Å². The van der Waals surface area contributed by atoms with Crippen molar-refractivity contribution in [2.75, 3.05) is 11.9 Å². The van der Waals surface area contributed by atoms with E-state index in [4.69, 9.17) is 16.3 Å². The van der Waals surface area contributed by atoms with Gasteiger partial charge in [0, 0.05) is 0 Å². The van der Waals surface area contributed by atoms with E-state index in [0.29, 0.717) is 4.68 Å². The molecule has 0 radical (unpaired) electrons. The van der Waals surface area contributed by atoms with Crippen LogP contribution in [-0.2, 0) is 11.3 Å². The predicted molar refractivity (Wildman–Crippen MR) is 90.0 cm³/mol. The van der Waals surface area contributed by atoms with E-state index in [-0.39, 0.29) is 18.0 Å². The molecule has 1 amide bonds. The van der Waals surface area contributed by atoms with Gasteiger partial charge in [0.05, 0.1) is 22.6 Å². The van der Waals surface area contributed by atoms with Gasteiger partial charge in [0.1, 0.15) is 29.4 Å². The first-order chi connectivity index (χ1) is 13.1. The number of benzene rings is 1. The van der Waals surface area contributed by atoms with E-state index in [2.05, 4.69) is 10.4 Å². The van der Waals surface area contributed by atoms with Gasteiger partial charge in [0.25, 0.3) is 18.5 Å². The quantitative estimate of drug-likeness (QED) is 0.385. The summed E-state index contributed by atoms with van der Waals surface area (Å²) < 4.78 is 57.3. The zero-order valence-corrected chi connectivity index (χ0v) is 14.9. The molecule has 1 heterocycles. The lowest BCUT2D eigenvalue weighted by Gasteiger charge is -2.10. The number of hydrogen-bond acceptors (Lipinski definition) is 5. The predicted octanol–water partition coefficient (Wildman–Crippen LogP) is 4.36. The average molecular weight is 425 g/mol. The van der Waals surface area contributed by atoms with Crippen molar-refractivity contribution in [1.82, 2.24) is 9.78 Å². The standard InChI is InChI=1S/C15H13ClF4N4O4/c1-2-28-7-3-4-8(9(5-7)24(26)27)21-10(25)6-23-13(15(19)20)11(16)12(22-23)14(17)18/h3-5,14-15H,2,6H2,1H3,(H,21,25). The van der Waals surface area contributed by atoms with Crippen LogP contribution in [0.4, 0.5) is 28.9 Å². The summed E-state index contributed by atoms with van der Waals surface area (Å²) in [5.74, 6) is -0.818. The Labute approximate surface area is 160 Å². The third kappa shape index (κ3) is 4.68. The summed E-state index contributed by atoms with van der Waals surface area (Å²) in [5, 5.41) is 15.6. The number of nitro benzene ring substituents is 1. The van der Waals surface area contributed by atoms with E-state index in [9.17, 15) is 32.5 Å². The molecule has 0 bridgehead atoms. The number of hydrogen-bond donors (Lipinski definition) is 1. The van der Waals surface area contributed by atoms with Crippen molar-refractivity contribution in [3.05, 3.63) is 44.7 Å². The van der Waals surface area contributed by atoms with E-state index in [1.165, 1.54) is 12.1 Å². The number of rotatable bonds is 8. The van der Waals surface area contributed by atoms with E-state index in [1.807, 2.05) is 0 Å². The van der Waals surface area contributed by atoms with Crippen LogP contribution in [0.1, 0.15) is 31.2 Å². The Balaban J connectivity index is 2.28. The maximum atomic E-state index is 13.1. The maximum Gasteiger partial charge on any atom is 0.296 e. The largest absolute Gasteiger partial charge is 0.494 e. The Hall–Kier alpha value is -2.89. The maximum absolute atomic E-state index is 13.1. The van der Waals surface area contributed by atoms with Crippen LogP contribution in [-0.4, -0.2) is 27.2 Å². The second-order valence-corrected chi connectivity index (χ2v) is 5.64. The number of amides is 1. The normalized spacial score (nSPS) is 11.1. The molecule has 0 saturated heterocycles. The van der Waals surface area contributed by atoms with Gasteiger partial charge in [0.2, 0.25) is 5.91 Å². The van der Waals surface area contributed by atoms with Gasteiger partial charge in [-0.05, 0) is 19.1 Å². The van der Waals surface area contributed by atoms with Gasteiger partial charge in [0.15, 0.2) is 0 Å². The fourth-order valence-corrected chi connectivity index (χ4v) is 2.59. The molecule has 28 heavy (non-hydrogen) atoms. The molecule has 152 valence electrons. The highest BCUT2D eigenvalue weighted by molar-refractivity contribution is 6.32. The molecule has 0 spiro atoms. The van der Waals surface area contributed by atoms with E-state index >= 15 is 0 Å². The average Bonchev–Trinajstić information content (AvgIpc) is 2.92. The van der Waals surface area contributed by atoms with Crippen molar-refractivity contribution < 1.29 is 32.0 Å². The third-order valence-corrected chi connectivity index (χ3v) is 3.80.